The van der Waals surface area contributed by atoms with Crippen LogP contribution in [-0.4, -0.2) is 71.8 Å². The van der Waals surface area contributed by atoms with Gasteiger partial charge in [0.15, 0.2) is 11.5 Å². The first-order valence-electron chi connectivity index (χ1n) is 9.99. The number of aromatic nitrogens is 2. The van der Waals surface area contributed by atoms with Crippen LogP contribution in [0.25, 0.3) is 10.9 Å². The van der Waals surface area contributed by atoms with Crippen LogP contribution in [0.2, 0.25) is 0 Å². The number of anilines is 2. The Morgan fingerprint density at radius 2 is 1.62 bits per heavy atom. The van der Waals surface area contributed by atoms with E-state index in [0.717, 1.165) is 5.39 Å². The lowest BCUT2D eigenvalue weighted by Gasteiger charge is -2.35. The van der Waals surface area contributed by atoms with Crippen molar-refractivity contribution in [2.24, 2.45) is 0 Å². The molecule has 0 bridgehead atoms. The van der Waals surface area contributed by atoms with Crippen LogP contribution < -0.4 is 20.1 Å². The number of amides is 2. The summed E-state index contributed by atoms with van der Waals surface area (Å²) in [4.78, 5) is 36.5. The molecule has 4 heterocycles. The van der Waals surface area contributed by atoms with Crippen molar-refractivity contribution in [3.63, 3.8) is 0 Å². The normalized spacial score (nSPS) is 18.8. The van der Waals surface area contributed by atoms with Gasteiger partial charge in [0.05, 0.1) is 11.8 Å². The number of benzene rings is 1. The molecule has 0 radical (unpaired) electrons. The van der Waals surface area contributed by atoms with Crippen molar-refractivity contribution in [1.29, 1.82) is 0 Å². The molecule has 13 heteroatoms. The summed E-state index contributed by atoms with van der Waals surface area (Å²) in [5.74, 6) is 2.13. The number of fused-ring (bicyclic) bond motifs is 2. The van der Waals surface area contributed by atoms with E-state index < -0.39 is 10.1 Å². The summed E-state index contributed by atoms with van der Waals surface area (Å²) in [7, 11) is -3.67. The van der Waals surface area contributed by atoms with Gasteiger partial charge in [-0.2, -0.15) is 13.4 Å². The standard InChI is InChI=1S/C18H19N5O4.CH4O3S/c19-17-11-7-13-14(27-9-26-13)8-12(11)20-18(21-17)22-5-3-10(4-6-22)23-15(24)1-2-16(23)25;1-5(2,3)4/h7-8,10H,1-6,9H2,(H2,19,20,21);1H3,(H,2,3,4). The molecule has 0 atom stereocenters. The molecule has 2 saturated heterocycles. The minimum atomic E-state index is -3.67. The number of hydrogen-bond donors (Lipinski definition) is 2. The van der Waals surface area contributed by atoms with Gasteiger partial charge in [0.2, 0.25) is 24.6 Å². The van der Waals surface area contributed by atoms with Crippen LogP contribution in [0.1, 0.15) is 25.7 Å². The molecule has 0 spiro atoms. The molecule has 5 rings (SSSR count). The lowest BCUT2D eigenvalue weighted by atomic mass is 10.0. The Morgan fingerprint density at radius 1 is 1.06 bits per heavy atom. The van der Waals surface area contributed by atoms with Crippen LogP contribution >= 0.6 is 0 Å². The monoisotopic (exact) mass is 465 g/mol. The molecule has 3 N–H and O–H groups in total. The minimum absolute atomic E-state index is 0.0321. The van der Waals surface area contributed by atoms with Gasteiger partial charge in [0, 0.05) is 43.4 Å². The van der Waals surface area contributed by atoms with Gasteiger partial charge in [-0.3, -0.25) is 19.0 Å². The third-order valence-corrected chi connectivity index (χ3v) is 5.41. The smallest absolute Gasteiger partial charge is 0.261 e. The lowest BCUT2D eigenvalue weighted by Crippen LogP contribution is -2.47. The van der Waals surface area contributed by atoms with Gasteiger partial charge in [-0.25, -0.2) is 4.98 Å². The highest BCUT2D eigenvalue weighted by Gasteiger charge is 2.37. The molecule has 2 aromatic rings. The maximum Gasteiger partial charge on any atom is 0.261 e. The topological polar surface area (TPSA) is 165 Å². The second-order valence-electron chi connectivity index (χ2n) is 7.74. The van der Waals surface area contributed by atoms with Crippen LogP contribution in [0.4, 0.5) is 11.8 Å². The predicted molar refractivity (Wildman–Crippen MR) is 114 cm³/mol. The lowest BCUT2D eigenvalue weighted by molar-refractivity contribution is -0.141. The zero-order chi connectivity index (χ0) is 23.0. The van der Waals surface area contributed by atoms with Crippen LogP contribution in [-0.2, 0) is 19.7 Å². The Balaban J connectivity index is 0.000000444. The minimum Gasteiger partial charge on any atom is -0.454 e. The second kappa shape index (κ2) is 8.39. The largest absolute Gasteiger partial charge is 0.454 e. The van der Waals surface area contributed by atoms with E-state index in [1.165, 1.54) is 4.90 Å². The third kappa shape index (κ3) is 4.67. The molecule has 3 aliphatic heterocycles. The maximum atomic E-state index is 11.9. The number of likely N-dealkylation sites (tertiary alicyclic amines) is 1. The highest BCUT2D eigenvalue weighted by molar-refractivity contribution is 7.85. The van der Waals surface area contributed by atoms with Crippen LogP contribution in [0, 0.1) is 0 Å². The van der Waals surface area contributed by atoms with E-state index in [9.17, 15) is 18.0 Å². The Kier molecular flexibility index (Phi) is 5.77. The average molecular weight is 465 g/mol. The Morgan fingerprint density at radius 3 is 2.22 bits per heavy atom. The molecule has 1 aromatic heterocycles. The van der Waals surface area contributed by atoms with E-state index in [-0.39, 0.29) is 24.6 Å². The van der Waals surface area contributed by atoms with E-state index in [1.54, 1.807) is 6.07 Å². The van der Waals surface area contributed by atoms with E-state index >= 15 is 0 Å². The van der Waals surface area contributed by atoms with Gasteiger partial charge < -0.3 is 20.1 Å². The molecule has 12 nitrogen and oxygen atoms in total. The zero-order valence-corrected chi connectivity index (χ0v) is 18.2. The summed E-state index contributed by atoms with van der Waals surface area (Å²) in [5, 5.41) is 0.728. The third-order valence-electron chi connectivity index (χ3n) is 5.41. The number of imide groups is 1. The number of nitrogens with zero attached hydrogens (tertiary/aromatic N) is 4. The van der Waals surface area contributed by atoms with Crippen molar-refractivity contribution in [3.05, 3.63) is 12.1 Å². The molecule has 0 saturated carbocycles. The van der Waals surface area contributed by atoms with Crippen molar-refractivity contribution in [1.82, 2.24) is 14.9 Å². The highest BCUT2D eigenvalue weighted by Crippen LogP contribution is 2.37. The SMILES string of the molecule is CS(=O)(=O)O.Nc1nc(N2CCC(N3C(=O)CCC3=O)CC2)nc2cc3c(cc12)OCO3. The average Bonchev–Trinajstić information content (AvgIpc) is 3.31. The number of carbonyl (C=O) groups is 2. The Labute approximate surface area is 184 Å². The first-order valence-corrected chi connectivity index (χ1v) is 11.8. The molecular formula is C19H23N5O7S. The van der Waals surface area contributed by atoms with Crippen LogP contribution in [0.15, 0.2) is 12.1 Å². The number of nitrogens with two attached hydrogens (primary N) is 1. The molecule has 0 unspecified atom stereocenters. The van der Waals surface area contributed by atoms with Gasteiger partial charge in [-0.1, -0.05) is 0 Å². The molecule has 172 valence electrons. The van der Waals surface area contributed by atoms with Gasteiger partial charge >= 0.3 is 0 Å². The molecule has 2 fully saturated rings. The van der Waals surface area contributed by atoms with Crippen molar-refractivity contribution in [3.8, 4) is 11.5 Å². The van der Waals surface area contributed by atoms with E-state index in [2.05, 4.69) is 9.97 Å². The number of ether oxygens (including phenoxy) is 2. The van der Waals surface area contributed by atoms with Gasteiger partial charge in [-0.05, 0) is 18.9 Å². The fourth-order valence-corrected chi connectivity index (χ4v) is 4.00. The molecule has 0 aliphatic carbocycles. The van der Waals surface area contributed by atoms with E-state index in [4.69, 9.17) is 19.8 Å². The first kappa shape index (κ1) is 22.0. The van der Waals surface area contributed by atoms with Crippen molar-refractivity contribution in [2.45, 2.75) is 31.7 Å². The molecule has 3 aliphatic rings. The number of nitrogen functional groups attached to an aromatic ring is 1. The van der Waals surface area contributed by atoms with Crippen LogP contribution in [0.3, 0.4) is 0 Å². The number of piperidine rings is 1. The van der Waals surface area contributed by atoms with E-state index in [1.807, 2.05) is 11.0 Å². The van der Waals surface area contributed by atoms with Gasteiger partial charge in [0.1, 0.15) is 5.82 Å². The summed E-state index contributed by atoms with van der Waals surface area (Å²) in [6.45, 7) is 1.52. The summed E-state index contributed by atoms with van der Waals surface area (Å²) < 4.78 is 36.7. The van der Waals surface area contributed by atoms with Crippen LogP contribution in [0.5, 0.6) is 11.5 Å². The molecule has 2 amide bonds. The zero-order valence-electron chi connectivity index (χ0n) is 17.4. The summed E-state index contributed by atoms with van der Waals surface area (Å²) >= 11 is 0. The number of carbonyl (C=O) groups excluding carboxylic acids is 2. The first-order chi connectivity index (χ1) is 15.1. The van der Waals surface area contributed by atoms with Gasteiger partial charge in [0.25, 0.3) is 10.1 Å². The van der Waals surface area contributed by atoms with Crippen molar-refractivity contribution >= 4 is 44.6 Å². The van der Waals surface area contributed by atoms with Gasteiger partial charge in [-0.15, -0.1) is 0 Å². The molecular weight excluding hydrogens is 442 g/mol. The number of hydrogen-bond acceptors (Lipinski definition) is 10. The fourth-order valence-electron chi connectivity index (χ4n) is 4.00. The Bertz CT molecular complexity index is 1150. The Hall–Kier alpha value is -3.19. The fraction of sp³-hybridized carbons (Fsp3) is 0.474. The predicted octanol–water partition coefficient (Wildman–Crippen LogP) is 0.562. The molecule has 1 aromatic carbocycles. The number of rotatable bonds is 2. The second-order valence-corrected chi connectivity index (χ2v) is 9.21. The highest BCUT2D eigenvalue weighted by atomic mass is 32.2. The van der Waals surface area contributed by atoms with Crippen molar-refractivity contribution < 1.29 is 32.0 Å². The maximum absolute atomic E-state index is 11.9. The van der Waals surface area contributed by atoms with Crippen molar-refractivity contribution in [2.75, 3.05) is 36.8 Å². The molecule has 32 heavy (non-hydrogen) atoms. The van der Waals surface area contributed by atoms with E-state index in [0.29, 0.717) is 73.8 Å². The summed E-state index contributed by atoms with van der Waals surface area (Å²) in [6, 6.07) is 3.58. The quantitative estimate of drug-likeness (QED) is 0.470. The summed E-state index contributed by atoms with van der Waals surface area (Å²) in [6.07, 6.45) is 2.80. The summed E-state index contributed by atoms with van der Waals surface area (Å²) in [5.41, 5.74) is 6.85.